The number of carbonyl (C=O) groups excluding carboxylic acids is 4. The molecule has 0 spiro atoms. The van der Waals surface area contributed by atoms with E-state index in [4.69, 9.17) is 16.6 Å². The third-order valence-electron chi connectivity index (χ3n) is 4.00. The van der Waals surface area contributed by atoms with E-state index < -0.39 is 72.9 Å². The van der Waals surface area contributed by atoms with Gasteiger partial charge >= 0.3 is 5.97 Å². The molecule has 5 unspecified atom stereocenters. The van der Waals surface area contributed by atoms with Crippen LogP contribution in [0.3, 0.4) is 0 Å². The number of carbonyl (C=O) groups is 5. The number of amides is 4. The van der Waals surface area contributed by atoms with Gasteiger partial charge in [-0.05, 0) is 19.3 Å². The van der Waals surface area contributed by atoms with Crippen molar-refractivity contribution in [2.75, 3.05) is 6.61 Å². The molecule has 10 N–H and O–H groups in total. The van der Waals surface area contributed by atoms with Crippen LogP contribution in [0.25, 0.3) is 0 Å². The number of aliphatic carboxylic acids is 1. The smallest absolute Gasteiger partial charge is 0.326 e. The van der Waals surface area contributed by atoms with Crippen molar-refractivity contribution in [2.24, 2.45) is 17.4 Å². The molecule has 0 aromatic carbocycles. The van der Waals surface area contributed by atoms with Gasteiger partial charge in [-0.3, -0.25) is 19.2 Å². The molecule has 0 saturated heterocycles. The van der Waals surface area contributed by atoms with Gasteiger partial charge in [0.2, 0.25) is 23.6 Å². The first-order valence-electron chi connectivity index (χ1n) is 9.26. The number of hydrogen-bond donors (Lipinski definition) is 8. The molecule has 5 atom stereocenters. The monoisotopic (exact) mass is 433 g/mol. The fourth-order valence-electron chi connectivity index (χ4n) is 2.33. The fourth-order valence-corrected chi connectivity index (χ4v) is 2.33. The van der Waals surface area contributed by atoms with Crippen LogP contribution in [-0.2, 0) is 24.0 Å². The van der Waals surface area contributed by atoms with Crippen molar-refractivity contribution >= 4 is 29.6 Å². The number of nitrogens with one attached hydrogen (secondary N) is 3. The van der Waals surface area contributed by atoms with E-state index in [2.05, 4.69) is 16.0 Å². The van der Waals surface area contributed by atoms with Crippen LogP contribution in [0, 0.1) is 5.92 Å². The van der Waals surface area contributed by atoms with E-state index in [1.165, 1.54) is 6.92 Å². The zero-order valence-electron chi connectivity index (χ0n) is 17.1. The minimum atomic E-state index is -1.58. The SMILES string of the molecule is CC(C)CC(NC(=O)C(CO)NC(=O)C(N)C(C)O)C(=O)NC(CC(N)=O)C(=O)O. The number of hydrogen-bond acceptors (Lipinski definition) is 8. The van der Waals surface area contributed by atoms with Crippen LogP contribution in [-0.4, -0.2) is 81.8 Å². The highest BCUT2D eigenvalue weighted by Crippen LogP contribution is 2.07. The molecule has 0 heterocycles. The Morgan fingerprint density at radius 2 is 1.33 bits per heavy atom. The van der Waals surface area contributed by atoms with E-state index in [0.717, 1.165) is 0 Å². The molecule has 0 aromatic heterocycles. The maximum atomic E-state index is 12.5. The number of carboxylic acid groups (broad SMARTS) is 1. The second-order valence-electron chi connectivity index (χ2n) is 7.27. The number of rotatable bonds is 13. The van der Waals surface area contributed by atoms with Crippen LogP contribution in [0.5, 0.6) is 0 Å². The number of aliphatic hydroxyl groups is 2. The Bertz CT molecular complexity index is 640. The molecule has 0 saturated carbocycles. The van der Waals surface area contributed by atoms with E-state index in [1.54, 1.807) is 13.8 Å². The zero-order valence-corrected chi connectivity index (χ0v) is 17.1. The predicted octanol–water partition coefficient (Wildman–Crippen LogP) is -3.85. The highest BCUT2D eigenvalue weighted by Gasteiger charge is 2.31. The summed E-state index contributed by atoms with van der Waals surface area (Å²) in [4.78, 5) is 59.0. The largest absolute Gasteiger partial charge is 0.480 e. The topological polar surface area (TPSA) is 234 Å². The number of primary amides is 1. The van der Waals surface area contributed by atoms with Crippen molar-refractivity contribution in [3.8, 4) is 0 Å². The lowest BCUT2D eigenvalue weighted by atomic mass is 10.0. The summed E-state index contributed by atoms with van der Waals surface area (Å²) < 4.78 is 0. The van der Waals surface area contributed by atoms with Crippen molar-refractivity contribution in [1.29, 1.82) is 0 Å². The van der Waals surface area contributed by atoms with Crippen molar-refractivity contribution in [3.63, 3.8) is 0 Å². The summed E-state index contributed by atoms with van der Waals surface area (Å²) in [6, 6.07) is -5.61. The van der Waals surface area contributed by atoms with E-state index in [9.17, 15) is 34.2 Å². The maximum absolute atomic E-state index is 12.5. The van der Waals surface area contributed by atoms with Crippen LogP contribution in [0.1, 0.15) is 33.6 Å². The molecular weight excluding hydrogens is 402 g/mol. The third-order valence-corrected chi connectivity index (χ3v) is 4.00. The van der Waals surface area contributed by atoms with Gasteiger partial charge in [-0.2, -0.15) is 0 Å². The summed E-state index contributed by atoms with van der Waals surface area (Å²) in [7, 11) is 0. The maximum Gasteiger partial charge on any atom is 0.326 e. The standard InChI is InChI=1S/C17H31N5O8/c1-7(2)4-9(14(26)21-10(17(29)30)5-12(18)25)20-15(27)11(6-23)22-16(28)13(19)8(3)24/h7-11,13,23-24H,4-6,19H2,1-3H3,(H2,18,25)(H,20,27)(H,21,26)(H,22,28)(H,29,30). The van der Waals surface area contributed by atoms with Crippen molar-refractivity contribution in [3.05, 3.63) is 0 Å². The second kappa shape index (κ2) is 12.7. The number of aliphatic hydroxyl groups excluding tert-OH is 2. The Hall–Kier alpha value is -2.77. The molecular formula is C17H31N5O8. The molecule has 0 rings (SSSR count). The van der Waals surface area contributed by atoms with Crippen LogP contribution in [0.4, 0.5) is 0 Å². The van der Waals surface area contributed by atoms with Crippen LogP contribution in [0.15, 0.2) is 0 Å². The Kier molecular flexibility index (Phi) is 11.5. The Morgan fingerprint density at radius 1 is 0.867 bits per heavy atom. The lowest BCUT2D eigenvalue weighted by molar-refractivity contribution is -0.144. The lowest BCUT2D eigenvalue weighted by Crippen LogP contribution is -2.59. The second-order valence-corrected chi connectivity index (χ2v) is 7.27. The molecule has 13 nitrogen and oxygen atoms in total. The number of nitrogens with two attached hydrogens (primary N) is 2. The fraction of sp³-hybridized carbons (Fsp3) is 0.706. The Morgan fingerprint density at radius 3 is 1.73 bits per heavy atom. The molecule has 0 aliphatic rings. The van der Waals surface area contributed by atoms with Gasteiger partial charge in [-0.25, -0.2) is 4.79 Å². The van der Waals surface area contributed by atoms with E-state index >= 15 is 0 Å². The van der Waals surface area contributed by atoms with Gasteiger partial charge in [0.1, 0.15) is 24.2 Å². The average molecular weight is 433 g/mol. The summed E-state index contributed by atoms with van der Waals surface area (Å²) in [5, 5.41) is 34.5. The molecule has 0 bridgehead atoms. The van der Waals surface area contributed by atoms with Crippen LogP contribution < -0.4 is 27.4 Å². The first-order valence-corrected chi connectivity index (χ1v) is 9.26. The van der Waals surface area contributed by atoms with Crippen molar-refractivity contribution in [1.82, 2.24) is 16.0 Å². The van der Waals surface area contributed by atoms with Crippen LogP contribution >= 0.6 is 0 Å². The molecule has 4 amide bonds. The third kappa shape index (κ3) is 9.62. The summed E-state index contributed by atoms with van der Waals surface area (Å²) in [6.45, 7) is 3.95. The van der Waals surface area contributed by atoms with Crippen molar-refractivity contribution in [2.45, 2.75) is 63.9 Å². The minimum absolute atomic E-state index is 0.0970. The van der Waals surface area contributed by atoms with E-state index in [1.807, 2.05) is 0 Å². The highest BCUT2D eigenvalue weighted by atomic mass is 16.4. The molecule has 0 aliphatic heterocycles. The summed E-state index contributed by atoms with van der Waals surface area (Å²) in [6.07, 6.45) is -1.75. The summed E-state index contributed by atoms with van der Waals surface area (Å²) in [5.41, 5.74) is 10.4. The highest BCUT2D eigenvalue weighted by molar-refractivity contribution is 5.95. The summed E-state index contributed by atoms with van der Waals surface area (Å²) >= 11 is 0. The van der Waals surface area contributed by atoms with Gasteiger partial charge in [-0.15, -0.1) is 0 Å². The molecule has 172 valence electrons. The van der Waals surface area contributed by atoms with Crippen LogP contribution in [0.2, 0.25) is 0 Å². The summed E-state index contributed by atoms with van der Waals surface area (Å²) in [5.74, 6) is -5.22. The quantitative estimate of drug-likeness (QED) is 0.142. The molecule has 13 heteroatoms. The van der Waals surface area contributed by atoms with E-state index in [0.29, 0.717) is 0 Å². The van der Waals surface area contributed by atoms with Gasteiger partial charge in [0.25, 0.3) is 0 Å². The zero-order chi connectivity index (χ0) is 23.6. The first kappa shape index (κ1) is 27.2. The molecule has 0 aliphatic carbocycles. The minimum Gasteiger partial charge on any atom is -0.480 e. The lowest BCUT2D eigenvalue weighted by Gasteiger charge is -2.25. The molecule has 0 aromatic rings. The average Bonchev–Trinajstić information content (AvgIpc) is 2.62. The van der Waals surface area contributed by atoms with Gasteiger partial charge in [-0.1, -0.05) is 13.8 Å². The van der Waals surface area contributed by atoms with Gasteiger partial charge in [0, 0.05) is 0 Å². The normalized spacial score (nSPS) is 16.0. The van der Waals surface area contributed by atoms with Gasteiger partial charge in [0.05, 0.1) is 19.1 Å². The Labute approximate surface area is 173 Å². The van der Waals surface area contributed by atoms with Gasteiger partial charge < -0.3 is 42.7 Å². The molecule has 0 radical (unpaired) electrons. The first-order chi connectivity index (χ1) is 13.8. The van der Waals surface area contributed by atoms with Crippen molar-refractivity contribution < 1.29 is 39.3 Å². The predicted molar refractivity (Wildman–Crippen MR) is 103 cm³/mol. The van der Waals surface area contributed by atoms with Gasteiger partial charge in [0.15, 0.2) is 0 Å². The number of carboxylic acids is 1. The Balaban J connectivity index is 5.31. The van der Waals surface area contributed by atoms with E-state index in [-0.39, 0.29) is 12.3 Å². The molecule has 0 fully saturated rings. The molecule has 30 heavy (non-hydrogen) atoms.